The maximum atomic E-state index is 12.4. The van der Waals surface area contributed by atoms with Crippen molar-refractivity contribution in [3.05, 3.63) is 44.9 Å². The number of anilines is 1. The smallest absolute Gasteiger partial charge is 0.363 e. The highest BCUT2D eigenvalue weighted by molar-refractivity contribution is 5.59. The third-order valence-corrected chi connectivity index (χ3v) is 3.87. The third-order valence-electron chi connectivity index (χ3n) is 3.87. The molecule has 2 aromatic rings. The van der Waals surface area contributed by atoms with E-state index in [1.165, 1.54) is 10.6 Å². The maximum absolute atomic E-state index is 12.4. The normalized spacial score (nSPS) is 12.8. The largest absolute Gasteiger partial charge is 0.376 e. The molecule has 24 heavy (non-hydrogen) atoms. The number of aromatic nitrogens is 2. The Morgan fingerprint density at radius 2 is 2.08 bits per heavy atom. The topological polar surface area (TPSA) is 92.8 Å². The number of fused-ring (bicyclic) bond motifs is 1. The highest BCUT2D eigenvalue weighted by atomic mass is 16.6. The van der Waals surface area contributed by atoms with E-state index in [2.05, 4.69) is 29.0 Å². The van der Waals surface area contributed by atoms with E-state index >= 15 is 0 Å². The van der Waals surface area contributed by atoms with Crippen molar-refractivity contribution in [2.45, 2.75) is 26.3 Å². The number of rotatable bonds is 7. The molecule has 1 atom stereocenters. The molecular weight excluding hydrogens is 310 g/mol. The molecule has 0 fully saturated rings. The van der Waals surface area contributed by atoms with Gasteiger partial charge in [0.15, 0.2) is 0 Å². The van der Waals surface area contributed by atoms with Crippen LogP contribution in [0.1, 0.15) is 20.3 Å². The van der Waals surface area contributed by atoms with Crippen LogP contribution in [0.3, 0.4) is 0 Å². The summed E-state index contributed by atoms with van der Waals surface area (Å²) < 4.78 is 1.18. The molecule has 0 spiro atoms. The zero-order chi connectivity index (χ0) is 17.9. The molecule has 0 saturated carbocycles. The van der Waals surface area contributed by atoms with E-state index in [-0.39, 0.29) is 11.9 Å². The van der Waals surface area contributed by atoms with E-state index < -0.39 is 16.2 Å². The van der Waals surface area contributed by atoms with Crippen molar-refractivity contribution in [2.24, 2.45) is 5.92 Å². The fraction of sp³-hybridized carbons (Fsp3) is 0.500. The Morgan fingerprint density at radius 3 is 2.67 bits per heavy atom. The van der Waals surface area contributed by atoms with Crippen LogP contribution in [0.2, 0.25) is 0 Å². The van der Waals surface area contributed by atoms with Crippen LogP contribution in [0, 0.1) is 16.0 Å². The fourth-order valence-corrected chi connectivity index (χ4v) is 2.60. The van der Waals surface area contributed by atoms with Crippen molar-refractivity contribution in [1.29, 1.82) is 0 Å². The average Bonchev–Trinajstić information content (AvgIpc) is 2.50. The maximum Gasteiger partial charge on any atom is 0.376 e. The highest BCUT2D eigenvalue weighted by Gasteiger charge is 2.24. The first-order valence-corrected chi connectivity index (χ1v) is 7.87. The van der Waals surface area contributed by atoms with E-state index in [4.69, 9.17) is 0 Å². The van der Waals surface area contributed by atoms with Gasteiger partial charge < -0.3 is 10.2 Å². The lowest BCUT2D eigenvalue weighted by atomic mass is 10.0. The standard InChI is InChI=1S/C16H23N5O3/c1-11(2)9-12(19(3)4)10-17-15-14(21(23)24)16(22)20-8-6-5-7-13(20)18-15/h5-8,11-12,17H,9-10H2,1-4H3. The summed E-state index contributed by atoms with van der Waals surface area (Å²) in [5, 5.41) is 14.4. The van der Waals surface area contributed by atoms with Gasteiger partial charge in [0.1, 0.15) is 5.65 Å². The number of likely N-dealkylation sites (N-methyl/N-ethyl adjacent to an activating group) is 1. The van der Waals surface area contributed by atoms with Crippen LogP contribution >= 0.6 is 0 Å². The second kappa shape index (κ2) is 7.39. The summed E-state index contributed by atoms with van der Waals surface area (Å²) in [5.41, 5.74) is -0.833. The number of nitrogens with one attached hydrogen (secondary N) is 1. The summed E-state index contributed by atoms with van der Waals surface area (Å²) in [6, 6.07) is 5.20. The second-order valence-corrected chi connectivity index (χ2v) is 6.43. The number of pyridine rings is 1. The molecule has 1 N–H and O–H groups in total. The van der Waals surface area contributed by atoms with Crippen molar-refractivity contribution in [3.8, 4) is 0 Å². The van der Waals surface area contributed by atoms with Gasteiger partial charge in [-0.25, -0.2) is 4.98 Å². The van der Waals surface area contributed by atoms with Crippen LogP contribution < -0.4 is 10.9 Å². The monoisotopic (exact) mass is 333 g/mol. The van der Waals surface area contributed by atoms with Crippen LogP contribution in [0.4, 0.5) is 11.5 Å². The molecule has 0 amide bonds. The highest BCUT2D eigenvalue weighted by Crippen LogP contribution is 2.19. The van der Waals surface area contributed by atoms with Gasteiger partial charge in [0, 0.05) is 18.8 Å². The summed E-state index contributed by atoms with van der Waals surface area (Å²) in [6.07, 6.45) is 2.41. The van der Waals surface area contributed by atoms with Gasteiger partial charge in [-0.2, -0.15) is 0 Å². The zero-order valence-corrected chi connectivity index (χ0v) is 14.4. The predicted octanol–water partition coefficient (Wildman–Crippen LogP) is 1.99. The Morgan fingerprint density at radius 1 is 1.38 bits per heavy atom. The Bertz CT molecular complexity index is 785. The van der Waals surface area contributed by atoms with Gasteiger partial charge in [-0.15, -0.1) is 0 Å². The lowest BCUT2D eigenvalue weighted by molar-refractivity contribution is -0.385. The van der Waals surface area contributed by atoms with Crippen LogP contribution in [0.25, 0.3) is 5.65 Å². The van der Waals surface area contributed by atoms with Gasteiger partial charge in [-0.05, 0) is 38.6 Å². The molecule has 2 rings (SSSR count). The minimum Gasteiger partial charge on any atom is -0.363 e. The molecule has 0 aliphatic carbocycles. The number of nitrogens with zero attached hydrogens (tertiary/aromatic N) is 4. The quantitative estimate of drug-likeness (QED) is 0.615. The summed E-state index contributed by atoms with van der Waals surface area (Å²) in [5.74, 6) is 0.510. The first-order chi connectivity index (χ1) is 11.3. The Kier molecular flexibility index (Phi) is 5.50. The Balaban J connectivity index is 2.38. The first-order valence-electron chi connectivity index (χ1n) is 7.87. The molecule has 0 saturated heterocycles. The van der Waals surface area contributed by atoms with Crippen molar-refractivity contribution < 1.29 is 4.92 Å². The van der Waals surface area contributed by atoms with E-state index in [1.54, 1.807) is 18.2 Å². The molecule has 8 nitrogen and oxygen atoms in total. The van der Waals surface area contributed by atoms with E-state index in [0.29, 0.717) is 18.1 Å². The molecule has 0 bridgehead atoms. The summed E-state index contributed by atoms with van der Waals surface area (Å²) in [7, 11) is 3.93. The second-order valence-electron chi connectivity index (χ2n) is 6.43. The molecule has 0 radical (unpaired) electrons. The number of hydrogen-bond donors (Lipinski definition) is 1. The first kappa shape index (κ1) is 17.9. The van der Waals surface area contributed by atoms with E-state index in [1.807, 2.05) is 14.1 Å². The Labute approximate surface area is 140 Å². The lowest BCUT2D eigenvalue weighted by Crippen LogP contribution is -2.36. The van der Waals surface area contributed by atoms with Crippen molar-refractivity contribution in [2.75, 3.05) is 26.0 Å². The average molecular weight is 333 g/mol. The molecule has 0 aliphatic heterocycles. The minimum atomic E-state index is -0.682. The minimum absolute atomic E-state index is 0.0202. The molecule has 8 heteroatoms. The molecule has 1 unspecified atom stereocenters. The SMILES string of the molecule is CC(C)CC(CNc1nc2ccccn2c(=O)c1[N+](=O)[O-])N(C)C. The lowest BCUT2D eigenvalue weighted by Gasteiger charge is -2.26. The van der Waals surface area contributed by atoms with Crippen molar-refractivity contribution in [3.63, 3.8) is 0 Å². The summed E-state index contributed by atoms with van der Waals surface area (Å²) in [4.78, 5) is 29.4. The zero-order valence-electron chi connectivity index (χ0n) is 14.4. The number of hydrogen-bond acceptors (Lipinski definition) is 6. The molecule has 0 aliphatic rings. The summed E-state index contributed by atoms with van der Waals surface area (Å²) >= 11 is 0. The molecule has 2 heterocycles. The molecule has 2 aromatic heterocycles. The third kappa shape index (κ3) is 3.88. The van der Waals surface area contributed by atoms with Gasteiger partial charge in [0.05, 0.1) is 4.92 Å². The van der Waals surface area contributed by atoms with E-state index in [0.717, 1.165) is 6.42 Å². The summed E-state index contributed by atoms with van der Waals surface area (Å²) in [6.45, 7) is 4.72. The van der Waals surface area contributed by atoms with Crippen LogP contribution in [-0.2, 0) is 0 Å². The Hall–Kier alpha value is -2.48. The van der Waals surface area contributed by atoms with Crippen molar-refractivity contribution in [1.82, 2.24) is 14.3 Å². The van der Waals surface area contributed by atoms with E-state index in [9.17, 15) is 14.9 Å². The van der Waals surface area contributed by atoms with Gasteiger partial charge >= 0.3 is 11.2 Å². The van der Waals surface area contributed by atoms with Gasteiger partial charge in [0.2, 0.25) is 5.82 Å². The molecule has 0 aromatic carbocycles. The van der Waals surface area contributed by atoms with Gasteiger partial charge in [-0.1, -0.05) is 19.9 Å². The fourth-order valence-electron chi connectivity index (χ4n) is 2.60. The van der Waals surface area contributed by atoms with Crippen LogP contribution in [-0.4, -0.2) is 45.9 Å². The van der Waals surface area contributed by atoms with Crippen LogP contribution in [0.5, 0.6) is 0 Å². The van der Waals surface area contributed by atoms with Crippen molar-refractivity contribution >= 4 is 17.2 Å². The molecular formula is C16H23N5O3. The van der Waals surface area contributed by atoms with Gasteiger partial charge in [0.25, 0.3) is 0 Å². The predicted molar refractivity (Wildman–Crippen MR) is 93.5 cm³/mol. The number of nitro groups is 1. The molecule has 130 valence electrons. The van der Waals surface area contributed by atoms with Gasteiger partial charge in [-0.3, -0.25) is 19.3 Å². The van der Waals surface area contributed by atoms with Crippen LogP contribution in [0.15, 0.2) is 29.2 Å².